The Balaban J connectivity index is 1.76. The predicted molar refractivity (Wildman–Crippen MR) is 103 cm³/mol. The van der Waals surface area contributed by atoms with E-state index in [2.05, 4.69) is 5.32 Å². The van der Waals surface area contributed by atoms with Gasteiger partial charge in [0, 0.05) is 0 Å². The highest BCUT2D eigenvalue weighted by Gasteiger charge is 2.36. The van der Waals surface area contributed by atoms with Crippen LogP contribution in [0.15, 0.2) is 84.9 Å². The van der Waals surface area contributed by atoms with Gasteiger partial charge in [-0.3, -0.25) is 4.79 Å². The molecule has 2 N–H and O–H groups in total. The summed E-state index contributed by atoms with van der Waals surface area (Å²) in [6, 6.07) is 26.6. The summed E-state index contributed by atoms with van der Waals surface area (Å²) in [4.78, 5) is 14.8. The number of carbonyl (C=O) groups is 1. The molecular weight excluding hydrogens is 324 g/mol. The molecule has 3 aromatic rings. The first-order valence-electron chi connectivity index (χ1n) is 8.68. The molecule has 3 aromatic carbocycles. The van der Waals surface area contributed by atoms with Crippen LogP contribution in [0.1, 0.15) is 17.2 Å². The Kier molecular flexibility index (Phi) is 4.42. The molecule has 1 aliphatic heterocycles. The summed E-state index contributed by atoms with van der Waals surface area (Å²) in [6.07, 6.45) is -1.17. The Hall–Kier alpha value is -3.11. The molecule has 26 heavy (non-hydrogen) atoms. The minimum Gasteiger partial charge on any atom is -0.381 e. The molecule has 0 radical (unpaired) electrons. The van der Waals surface area contributed by atoms with Gasteiger partial charge in [0.05, 0.1) is 24.0 Å². The fourth-order valence-electron chi connectivity index (χ4n) is 3.35. The van der Waals surface area contributed by atoms with Crippen LogP contribution in [0.2, 0.25) is 0 Å². The van der Waals surface area contributed by atoms with Gasteiger partial charge in [-0.25, -0.2) is 0 Å². The maximum Gasteiger partial charge on any atom is 0.258 e. The summed E-state index contributed by atoms with van der Waals surface area (Å²) >= 11 is 0. The van der Waals surface area contributed by atoms with E-state index in [0.29, 0.717) is 6.54 Å². The lowest BCUT2D eigenvalue weighted by Gasteiger charge is -2.25. The number of nitrogens with one attached hydrogen (secondary N) is 1. The van der Waals surface area contributed by atoms with Gasteiger partial charge in [0.1, 0.15) is 0 Å². The van der Waals surface area contributed by atoms with Crippen molar-refractivity contribution < 1.29 is 9.90 Å². The molecule has 0 aromatic heterocycles. The van der Waals surface area contributed by atoms with Crippen molar-refractivity contribution in [2.75, 3.05) is 10.2 Å². The SMILES string of the molecule is O=C1[C@@H](O)[C@H](c2ccccc2)Nc2ccccc2N1Cc1ccccc1. The smallest absolute Gasteiger partial charge is 0.258 e. The van der Waals surface area contributed by atoms with Crippen molar-refractivity contribution >= 4 is 17.3 Å². The van der Waals surface area contributed by atoms with E-state index in [1.807, 2.05) is 84.9 Å². The zero-order chi connectivity index (χ0) is 17.9. The maximum atomic E-state index is 13.1. The average molecular weight is 344 g/mol. The van der Waals surface area contributed by atoms with E-state index in [-0.39, 0.29) is 5.91 Å². The fourth-order valence-corrected chi connectivity index (χ4v) is 3.35. The van der Waals surface area contributed by atoms with Gasteiger partial charge in [0.2, 0.25) is 0 Å². The van der Waals surface area contributed by atoms with Crippen LogP contribution >= 0.6 is 0 Å². The second-order valence-electron chi connectivity index (χ2n) is 6.40. The number of aliphatic hydroxyl groups is 1. The minimum absolute atomic E-state index is 0.305. The van der Waals surface area contributed by atoms with E-state index in [4.69, 9.17) is 0 Å². The highest BCUT2D eigenvalue weighted by Crippen LogP contribution is 2.36. The summed E-state index contributed by atoms with van der Waals surface area (Å²) in [5.74, 6) is -0.305. The topological polar surface area (TPSA) is 52.6 Å². The van der Waals surface area contributed by atoms with Crippen LogP contribution in [0.4, 0.5) is 11.4 Å². The second-order valence-corrected chi connectivity index (χ2v) is 6.40. The fraction of sp³-hybridized carbons (Fsp3) is 0.136. The monoisotopic (exact) mass is 344 g/mol. The predicted octanol–water partition coefficient (Wildman–Crippen LogP) is 3.75. The molecule has 0 saturated carbocycles. The lowest BCUT2D eigenvalue weighted by molar-refractivity contribution is -0.127. The minimum atomic E-state index is -1.17. The molecule has 0 unspecified atom stereocenters. The Bertz CT molecular complexity index is 896. The van der Waals surface area contributed by atoms with Gasteiger partial charge in [-0.15, -0.1) is 0 Å². The summed E-state index contributed by atoms with van der Waals surface area (Å²) in [5, 5.41) is 14.2. The van der Waals surface area contributed by atoms with Crippen molar-refractivity contribution in [2.45, 2.75) is 18.7 Å². The van der Waals surface area contributed by atoms with Crippen molar-refractivity contribution in [3.8, 4) is 0 Å². The van der Waals surface area contributed by atoms with Gasteiger partial charge in [-0.1, -0.05) is 72.8 Å². The maximum absolute atomic E-state index is 13.1. The largest absolute Gasteiger partial charge is 0.381 e. The molecule has 0 bridgehead atoms. The Morgan fingerprint density at radius 1 is 0.846 bits per heavy atom. The summed E-state index contributed by atoms with van der Waals surface area (Å²) in [5.41, 5.74) is 3.51. The Morgan fingerprint density at radius 2 is 1.46 bits per heavy atom. The lowest BCUT2D eigenvalue weighted by atomic mass is 10.0. The van der Waals surface area contributed by atoms with Gasteiger partial charge in [-0.05, 0) is 23.3 Å². The number of carbonyl (C=O) groups excluding carboxylic acids is 1. The second kappa shape index (κ2) is 7.02. The van der Waals surface area contributed by atoms with Crippen molar-refractivity contribution in [2.24, 2.45) is 0 Å². The first kappa shape index (κ1) is 16.4. The van der Waals surface area contributed by atoms with Gasteiger partial charge in [-0.2, -0.15) is 0 Å². The van der Waals surface area contributed by atoms with E-state index in [0.717, 1.165) is 22.5 Å². The van der Waals surface area contributed by atoms with Gasteiger partial charge < -0.3 is 15.3 Å². The van der Waals surface area contributed by atoms with Crippen molar-refractivity contribution in [1.82, 2.24) is 0 Å². The standard InChI is InChI=1S/C22H20N2O2/c25-21-20(17-11-5-2-6-12-17)23-18-13-7-8-14-19(18)24(22(21)26)15-16-9-3-1-4-10-16/h1-14,20-21,23,25H,15H2/t20-,21-/m0/s1. The van der Waals surface area contributed by atoms with Crippen LogP contribution in [-0.4, -0.2) is 17.1 Å². The van der Waals surface area contributed by atoms with Crippen molar-refractivity contribution in [3.05, 3.63) is 96.1 Å². The van der Waals surface area contributed by atoms with Gasteiger partial charge in [0.25, 0.3) is 5.91 Å². The Labute approximate surface area is 152 Å². The van der Waals surface area contributed by atoms with Crippen LogP contribution in [0.25, 0.3) is 0 Å². The van der Waals surface area contributed by atoms with E-state index >= 15 is 0 Å². The molecule has 1 aliphatic rings. The van der Waals surface area contributed by atoms with Crippen LogP contribution in [-0.2, 0) is 11.3 Å². The van der Waals surface area contributed by atoms with E-state index < -0.39 is 12.1 Å². The number of para-hydroxylation sites is 2. The highest BCUT2D eigenvalue weighted by molar-refractivity contribution is 6.01. The first-order valence-corrected chi connectivity index (χ1v) is 8.68. The number of hydrogen-bond acceptors (Lipinski definition) is 3. The first-order chi connectivity index (χ1) is 12.7. The third kappa shape index (κ3) is 3.07. The summed E-state index contributed by atoms with van der Waals surface area (Å²) in [7, 11) is 0. The number of benzene rings is 3. The van der Waals surface area contributed by atoms with Crippen LogP contribution in [0, 0.1) is 0 Å². The Morgan fingerprint density at radius 3 is 2.19 bits per heavy atom. The van der Waals surface area contributed by atoms with Crippen LogP contribution < -0.4 is 10.2 Å². The third-order valence-corrected chi connectivity index (χ3v) is 4.68. The zero-order valence-corrected chi connectivity index (χ0v) is 14.2. The van der Waals surface area contributed by atoms with Crippen molar-refractivity contribution in [3.63, 3.8) is 0 Å². The van der Waals surface area contributed by atoms with E-state index in [1.165, 1.54) is 0 Å². The molecular formula is C22H20N2O2. The third-order valence-electron chi connectivity index (χ3n) is 4.68. The molecule has 0 saturated heterocycles. The van der Waals surface area contributed by atoms with Crippen LogP contribution in [0.5, 0.6) is 0 Å². The quantitative estimate of drug-likeness (QED) is 0.761. The lowest BCUT2D eigenvalue weighted by Crippen LogP contribution is -2.41. The molecule has 2 atom stereocenters. The number of hydrogen-bond donors (Lipinski definition) is 2. The molecule has 4 heteroatoms. The normalized spacial score (nSPS) is 19.4. The molecule has 0 spiro atoms. The number of anilines is 2. The number of rotatable bonds is 3. The van der Waals surface area contributed by atoms with Gasteiger partial charge >= 0.3 is 0 Å². The molecule has 1 amide bonds. The van der Waals surface area contributed by atoms with E-state index in [1.54, 1.807) is 4.90 Å². The summed E-state index contributed by atoms with van der Waals surface area (Å²) < 4.78 is 0. The van der Waals surface area contributed by atoms with Crippen LogP contribution in [0.3, 0.4) is 0 Å². The zero-order valence-electron chi connectivity index (χ0n) is 14.2. The molecule has 4 rings (SSSR count). The number of fused-ring (bicyclic) bond motifs is 1. The number of nitrogens with zero attached hydrogens (tertiary/aromatic N) is 1. The summed E-state index contributed by atoms with van der Waals surface area (Å²) in [6.45, 7) is 0.414. The molecule has 0 aliphatic carbocycles. The average Bonchev–Trinajstić information content (AvgIpc) is 2.80. The number of aliphatic hydroxyl groups excluding tert-OH is 1. The number of amides is 1. The van der Waals surface area contributed by atoms with E-state index in [9.17, 15) is 9.90 Å². The highest BCUT2D eigenvalue weighted by atomic mass is 16.3. The molecule has 130 valence electrons. The molecule has 4 nitrogen and oxygen atoms in total. The van der Waals surface area contributed by atoms with Gasteiger partial charge in [0.15, 0.2) is 6.10 Å². The molecule has 0 fully saturated rings. The van der Waals surface area contributed by atoms with Crippen molar-refractivity contribution in [1.29, 1.82) is 0 Å². The molecule has 1 heterocycles.